The van der Waals surface area contributed by atoms with Crippen LogP contribution in [0.25, 0.3) is 10.9 Å². The number of ether oxygens (including phenoxy) is 1. The van der Waals surface area contributed by atoms with E-state index in [9.17, 15) is 9.59 Å². The lowest BCUT2D eigenvalue weighted by Crippen LogP contribution is -2.38. The van der Waals surface area contributed by atoms with Gasteiger partial charge in [0.1, 0.15) is 16.3 Å². The molecule has 0 unspecified atom stereocenters. The van der Waals surface area contributed by atoms with E-state index in [4.69, 9.17) is 16.3 Å². The minimum atomic E-state index is -0.372. The Morgan fingerprint density at radius 2 is 1.81 bits per heavy atom. The summed E-state index contributed by atoms with van der Waals surface area (Å²) in [5, 5.41) is 0.719. The second kappa shape index (κ2) is 7.03. The molecule has 0 bridgehead atoms. The molecule has 138 valence electrons. The maximum atomic E-state index is 12.6. The van der Waals surface area contributed by atoms with Crippen LogP contribution in [-0.2, 0) is 20.1 Å². The van der Waals surface area contributed by atoms with E-state index in [0.29, 0.717) is 29.1 Å². The molecule has 2 aromatic heterocycles. The molecule has 0 N–H and O–H groups in total. The molecule has 0 fully saturated rings. The van der Waals surface area contributed by atoms with Crippen LogP contribution in [0, 0.1) is 5.92 Å². The van der Waals surface area contributed by atoms with Crippen molar-refractivity contribution in [2.75, 3.05) is 7.11 Å². The highest BCUT2D eigenvalue weighted by atomic mass is 35.5. The molecule has 0 radical (unpaired) electrons. The van der Waals surface area contributed by atoms with E-state index in [1.165, 1.54) is 7.05 Å². The zero-order valence-corrected chi connectivity index (χ0v) is 16.1. The van der Waals surface area contributed by atoms with Crippen LogP contribution in [-0.4, -0.2) is 20.8 Å². The van der Waals surface area contributed by atoms with Crippen LogP contribution >= 0.6 is 11.6 Å². The molecule has 0 aliphatic carbocycles. The Balaban J connectivity index is 2.16. The van der Waals surface area contributed by atoms with Gasteiger partial charge in [-0.15, -0.1) is 0 Å². The van der Waals surface area contributed by atoms with E-state index in [-0.39, 0.29) is 17.2 Å². The summed E-state index contributed by atoms with van der Waals surface area (Å²) in [5.74, 6) is 1.04. The number of nitrogens with zero attached hydrogens (tertiary/aromatic N) is 3. The van der Waals surface area contributed by atoms with Crippen LogP contribution < -0.4 is 16.0 Å². The molecule has 2 heterocycles. The SMILES string of the molecule is COc1ccc(Cn2cc3c(c2Cl)c(=O)n(C)c(=O)n3CC(C)C)cc1. The summed E-state index contributed by atoms with van der Waals surface area (Å²) in [7, 11) is 3.10. The standard InChI is InChI=1S/C19H22ClN3O3/c1-12(2)9-23-15-11-22(10-13-5-7-14(26-4)8-6-13)17(20)16(15)18(24)21(3)19(23)25/h5-8,11-12H,9-10H2,1-4H3. The number of hydrogen-bond acceptors (Lipinski definition) is 3. The van der Waals surface area contributed by atoms with Gasteiger partial charge in [-0.1, -0.05) is 37.6 Å². The highest BCUT2D eigenvalue weighted by Crippen LogP contribution is 2.24. The van der Waals surface area contributed by atoms with E-state index in [1.54, 1.807) is 22.4 Å². The van der Waals surface area contributed by atoms with Crippen molar-refractivity contribution >= 4 is 22.5 Å². The Labute approximate surface area is 156 Å². The zero-order chi connectivity index (χ0) is 19.0. The van der Waals surface area contributed by atoms with E-state index < -0.39 is 0 Å². The molecule has 3 rings (SSSR count). The maximum Gasteiger partial charge on any atom is 0.331 e. The Morgan fingerprint density at radius 3 is 2.38 bits per heavy atom. The number of aromatic nitrogens is 3. The topological polar surface area (TPSA) is 58.2 Å². The predicted octanol–water partition coefficient (Wildman–Crippen LogP) is 2.87. The third kappa shape index (κ3) is 3.17. The average Bonchev–Trinajstić information content (AvgIpc) is 2.94. The fourth-order valence-electron chi connectivity index (χ4n) is 3.04. The highest BCUT2D eigenvalue weighted by molar-refractivity contribution is 6.34. The number of benzene rings is 1. The van der Waals surface area contributed by atoms with Crippen LogP contribution in [0.2, 0.25) is 5.15 Å². The number of halogens is 1. The normalized spacial score (nSPS) is 11.5. The van der Waals surface area contributed by atoms with Gasteiger partial charge in [-0.05, 0) is 23.6 Å². The fourth-order valence-corrected chi connectivity index (χ4v) is 3.33. The number of hydrogen-bond donors (Lipinski definition) is 0. The predicted molar refractivity (Wildman–Crippen MR) is 103 cm³/mol. The van der Waals surface area contributed by atoms with Gasteiger partial charge in [-0.2, -0.15) is 0 Å². The lowest BCUT2D eigenvalue weighted by Gasteiger charge is -2.11. The van der Waals surface area contributed by atoms with Gasteiger partial charge in [0.25, 0.3) is 5.56 Å². The first-order chi connectivity index (χ1) is 12.3. The van der Waals surface area contributed by atoms with Gasteiger partial charge in [0.2, 0.25) is 0 Å². The van der Waals surface area contributed by atoms with Crippen molar-refractivity contribution < 1.29 is 4.74 Å². The quantitative estimate of drug-likeness (QED) is 0.689. The van der Waals surface area contributed by atoms with Gasteiger partial charge >= 0.3 is 5.69 Å². The summed E-state index contributed by atoms with van der Waals surface area (Å²) >= 11 is 6.51. The first kappa shape index (κ1) is 18.3. The second-order valence-corrected chi connectivity index (χ2v) is 7.17. The molecule has 7 heteroatoms. The fraction of sp³-hybridized carbons (Fsp3) is 0.368. The third-order valence-electron chi connectivity index (χ3n) is 4.38. The third-order valence-corrected chi connectivity index (χ3v) is 4.79. The van der Waals surface area contributed by atoms with Crippen molar-refractivity contribution in [1.82, 2.24) is 13.7 Å². The highest BCUT2D eigenvalue weighted by Gasteiger charge is 2.18. The minimum Gasteiger partial charge on any atom is -0.497 e. The molecular formula is C19H22ClN3O3. The Hall–Kier alpha value is -2.47. The Kier molecular flexibility index (Phi) is 4.96. The average molecular weight is 376 g/mol. The summed E-state index contributed by atoms with van der Waals surface area (Å²) in [6.45, 7) is 5.07. The minimum absolute atomic E-state index is 0.261. The second-order valence-electron chi connectivity index (χ2n) is 6.81. The molecule has 0 saturated carbocycles. The monoisotopic (exact) mass is 375 g/mol. The van der Waals surface area contributed by atoms with Gasteiger partial charge in [-0.3, -0.25) is 13.9 Å². The van der Waals surface area contributed by atoms with Crippen LogP contribution in [0.5, 0.6) is 5.75 Å². The van der Waals surface area contributed by atoms with Crippen molar-refractivity contribution in [3.8, 4) is 5.75 Å². The van der Waals surface area contributed by atoms with Crippen LogP contribution in [0.15, 0.2) is 40.1 Å². The molecule has 0 aliphatic heterocycles. The van der Waals surface area contributed by atoms with E-state index in [1.807, 2.05) is 38.1 Å². The summed E-state index contributed by atoms with van der Waals surface area (Å²) in [4.78, 5) is 25.1. The summed E-state index contributed by atoms with van der Waals surface area (Å²) in [6.07, 6.45) is 1.78. The van der Waals surface area contributed by atoms with Crippen LogP contribution in [0.1, 0.15) is 19.4 Å². The van der Waals surface area contributed by atoms with Crippen molar-refractivity contribution in [2.24, 2.45) is 13.0 Å². The van der Waals surface area contributed by atoms with Gasteiger partial charge in [-0.25, -0.2) is 4.79 Å². The molecule has 26 heavy (non-hydrogen) atoms. The van der Waals surface area contributed by atoms with Gasteiger partial charge in [0.15, 0.2) is 0 Å². The summed E-state index contributed by atoms with van der Waals surface area (Å²) in [6, 6.07) is 7.64. The summed E-state index contributed by atoms with van der Waals surface area (Å²) < 4.78 is 9.71. The van der Waals surface area contributed by atoms with Gasteiger partial charge in [0, 0.05) is 26.3 Å². The van der Waals surface area contributed by atoms with E-state index >= 15 is 0 Å². The largest absolute Gasteiger partial charge is 0.497 e. The van der Waals surface area contributed by atoms with Crippen molar-refractivity contribution in [1.29, 1.82) is 0 Å². The molecule has 0 spiro atoms. The van der Waals surface area contributed by atoms with Crippen LogP contribution in [0.4, 0.5) is 0 Å². The number of methoxy groups -OCH3 is 1. The van der Waals surface area contributed by atoms with Crippen molar-refractivity contribution in [3.05, 3.63) is 62.0 Å². The number of rotatable bonds is 5. The number of fused-ring (bicyclic) bond motifs is 1. The van der Waals surface area contributed by atoms with E-state index in [0.717, 1.165) is 15.9 Å². The molecule has 0 aliphatic rings. The zero-order valence-electron chi connectivity index (χ0n) is 15.3. The lowest BCUT2D eigenvalue weighted by atomic mass is 10.2. The molecule has 0 amide bonds. The Morgan fingerprint density at radius 1 is 1.15 bits per heavy atom. The van der Waals surface area contributed by atoms with Crippen LogP contribution in [0.3, 0.4) is 0 Å². The van der Waals surface area contributed by atoms with Gasteiger partial charge in [0.05, 0.1) is 12.6 Å². The Bertz CT molecular complexity index is 1060. The van der Waals surface area contributed by atoms with Gasteiger partial charge < -0.3 is 9.30 Å². The molecule has 1 aromatic carbocycles. The molecular weight excluding hydrogens is 354 g/mol. The molecule has 0 atom stereocenters. The first-order valence-corrected chi connectivity index (χ1v) is 8.82. The molecule has 0 saturated heterocycles. The molecule has 3 aromatic rings. The van der Waals surface area contributed by atoms with Crippen molar-refractivity contribution in [3.63, 3.8) is 0 Å². The summed E-state index contributed by atoms with van der Waals surface area (Å²) in [5.41, 5.74) is 0.894. The smallest absolute Gasteiger partial charge is 0.331 e. The van der Waals surface area contributed by atoms with Crippen molar-refractivity contribution in [2.45, 2.75) is 26.9 Å². The molecule has 6 nitrogen and oxygen atoms in total. The lowest BCUT2D eigenvalue weighted by molar-refractivity contribution is 0.414. The van der Waals surface area contributed by atoms with E-state index in [2.05, 4.69) is 0 Å². The maximum absolute atomic E-state index is 12.6. The first-order valence-electron chi connectivity index (χ1n) is 8.44.